The zero-order valence-corrected chi connectivity index (χ0v) is 19.2. The van der Waals surface area contributed by atoms with Crippen LogP contribution in [0.2, 0.25) is 0 Å². The molecule has 1 aromatic carbocycles. The Labute approximate surface area is 194 Å². The Kier molecular flexibility index (Phi) is 8.31. The molecule has 1 aliphatic rings. The molecule has 1 heterocycles. The zero-order chi connectivity index (χ0) is 23.7. The predicted octanol–water partition coefficient (Wildman–Crippen LogP) is 5.14. The van der Waals surface area contributed by atoms with Crippen molar-refractivity contribution in [3.05, 3.63) is 59.9 Å². The lowest BCUT2D eigenvalue weighted by atomic mass is 9.94. The fraction of sp³-hybridized carbons (Fsp3) is 0.423. The first-order valence-electron chi connectivity index (χ1n) is 11.4. The minimum Gasteiger partial charge on any atom is -0.459 e. The van der Waals surface area contributed by atoms with Gasteiger partial charge >= 0.3 is 6.09 Å². The highest BCUT2D eigenvalue weighted by atomic mass is 16.6. The molecule has 0 aliphatic heterocycles. The molecular formula is C26H31N3O4. The van der Waals surface area contributed by atoms with Gasteiger partial charge in [0.2, 0.25) is 5.91 Å². The molecular weight excluding hydrogens is 418 g/mol. The van der Waals surface area contributed by atoms with Crippen molar-refractivity contribution < 1.29 is 18.7 Å². The van der Waals surface area contributed by atoms with Crippen molar-refractivity contribution in [3.63, 3.8) is 0 Å². The highest BCUT2D eigenvalue weighted by Crippen LogP contribution is 2.21. The van der Waals surface area contributed by atoms with Crippen LogP contribution in [0.3, 0.4) is 0 Å². The van der Waals surface area contributed by atoms with Crippen LogP contribution in [0.25, 0.3) is 11.0 Å². The summed E-state index contributed by atoms with van der Waals surface area (Å²) < 4.78 is 11.3. The molecule has 0 bridgehead atoms. The molecule has 7 heteroatoms. The van der Waals surface area contributed by atoms with Crippen LogP contribution in [0.1, 0.15) is 51.7 Å². The summed E-state index contributed by atoms with van der Waals surface area (Å²) in [6.07, 6.45) is 8.69. The van der Waals surface area contributed by atoms with E-state index in [0.29, 0.717) is 24.3 Å². The number of fused-ring (bicyclic) bond motifs is 1. The molecule has 0 radical (unpaired) electrons. The van der Waals surface area contributed by atoms with E-state index in [0.717, 1.165) is 36.7 Å². The molecule has 3 rings (SSSR count). The van der Waals surface area contributed by atoms with Gasteiger partial charge in [0.15, 0.2) is 0 Å². The monoisotopic (exact) mass is 449 g/mol. The molecule has 1 unspecified atom stereocenters. The van der Waals surface area contributed by atoms with Crippen LogP contribution in [0.4, 0.5) is 4.79 Å². The van der Waals surface area contributed by atoms with Gasteiger partial charge < -0.3 is 19.8 Å². The lowest BCUT2D eigenvalue weighted by molar-refractivity contribution is -0.123. The first-order chi connectivity index (χ1) is 15.9. The molecule has 2 aromatic rings. The molecule has 7 nitrogen and oxygen atoms in total. The second kappa shape index (κ2) is 11.4. The molecule has 1 aliphatic carbocycles. The lowest BCUT2D eigenvalue weighted by Gasteiger charge is -2.25. The summed E-state index contributed by atoms with van der Waals surface area (Å²) in [7, 11) is 0. The van der Waals surface area contributed by atoms with Crippen LogP contribution in [-0.2, 0) is 16.1 Å². The van der Waals surface area contributed by atoms with Crippen LogP contribution in [0.15, 0.2) is 58.6 Å². The van der Waals surface area contributed by atoms with Crippen molar-refractivity contribution in [2.24, 2.45) is 5.92 Å². The molecule has 1 aromatic heterocycles. The highest BCUT2D eigenvalue weighted by Gasteiger charge is 2.23. The van der Waals surface area contributed by atoms with Gasteiger partial charge in [0, 0.05) is 17.5 Å². The van der Waals surface area contributed by atoms with Crippen molar-refractivity contribution in [1.29, 1.82) is 5.26 Å². The van der Waals surface area contributed by atoms with Crippen LogP contribution in [-0.4, -0.2) is 24.1 Å². The number of carbonyl (C=O) groups excluding carboxylic acids is 2. The lowest BCUT2D eigenvalue weighted by Crippen LogP contribution is -2.34. The quantitative estimate of drug-likeness (QED) is 0.489. The van der Waals surface area contributed by atoms with E-state index in [1.54, 1.807) is 12.2 Å². The smallest absolute Gasteiger partial charge is 0.408 e. The third-order valence-corrected chi connectivity index (χ3v) is 5.57. The summed E-state index contributed by atoms with van der Waals surface area (Å²) >= 11 is 0. The van der Waals surface area contributed by atoms with Gasteiger partial charge in [0.25, 0.3) is 0 Å². The van der Waals surface area contributed by atoms with Gasteiger partial charge in [0.1, 0.15) is 16.9 Å². The fourth-order valence-corrected chi connectivity index (χ4v) is 3.76. The number of para-hydroxylation sites is 1. The van der Waals surface area contributed by atoms with Gasteiger partial charge in [-0.05, 0) is 57.7 Å². The minimum atomic E-state index is -0.589. The maximum atomic E-state index is 12.2. The Morgan fingerprint density at radius 1 is 1.21 bits per heavy atom. The molecule has 0 fully saturated rings. The second-order valence-electron chi connectivity index (χ2n) is 8.85. The van der Waals surface area contributed by atoms with E-state index in [1.807, 2.05) is 50.3 Å². The Balaban J connectivity index is 1.28. The molecule has 33 heavy (non-hydrogen) atoms. The fourth-order valence-electron chi connectivity index (χ4n) is 3.76. The maximum absolute atomic E-state index is 12.2. The van der Waals surface area contributed by atoms with Crippen LogP contribution < -0.4 is 10.6 Å². The van der Waals surface area contributed by atoms with E-state index < -0.39 is 11.7 Å². The number of unbranched alkanes of at least 4 members (excludes halogenated alkanes) is 2. The summed E-state index contributed by atoms with van der Waals surface area (Å²) in [6, 6.07) is 11.7. The summed E-state index contributed by atoms with van der Waals surface area (Å²) in [5.41, 5.74) is 0.827. The summed E-state index contributed by atoms with van der Waals surface area (Å²) in [6.45, 7) is 4.65. The largest absolute Gasteiger partial charge is 0.459 e. The second-order valence-corrected chi connectivity index (χ2v) is 8.85. The predicted molar refractivity (Wildman–Crippen MR) is 126 cm³/mol. The summed E-state index contributed by atoms with van der Waals surface area (Å²) in [5, 5.41) is 15.7. The molecule has 1 atom stereocenters. The number of carbonyl (C=O) groups is 2. The van der Waals surface area contributed by atoms with Crippen molar-refractivity contribution >= 4 is 23.0 Å². The van der Waals surface area contributed by atoms with Crippen LogP contribution >= 0.6 is 0 Å². The van der Waals surface area contributed by atoms with E-state index in [-0.39, 0.29) is 18.4 Å². The van der Waals surface area contributed by atoms with Gasteiger partial charge in [-0.1, -0.05) is 36.8 Å². The molecule has 0 spiro atoms. The number of amides is 2. The number of hydrogen-bond donors (Lipinski definition) is 2. The van der Waals surface area contributed by atoms with Crippen molar-refractivity contribution in [2.75, 3.05) is 6.54 Å². The average molecular weight is 450 g/mol. The van der Waals surface area contributed by atoms with E-state index in [1.165, 1.54) is 0 Å². The van der Waals surface area contributed by atoms with E-state index >= 15 is 0 Å². The zero-order valence-electron chi connectivity index (χ0n) is 19.2. The van der Waals surface area contributed by atoms with E-state index in [9.17, 15) is 9.59 Å². The van der Waals surface area contributed by atoms with Crippen molar-refractivity contribution in [3.8, 4) is 6.07 Å². The summed E-state index contributed by atoms with van der Waals surface area (Å²) in [4.78, 5) is 24.4. The SMILES string of the molecule is CC(C)(CCCCCNC(=O)C1C=CC=C(C#N)C1)OC(=O)NCc1cc2ccccc2o1. The number of furan rings is 1. The Hall–Kier alpha value is -3.53. The Morgan fingerprint density at radius 2 is 2.03 bits per heavy atom. The van der Waals surface area contributed by atoms with Crippen molar-refractivity contribution in [1.82, 2.24) is 10.6 Å². The number of nitriles is 1. The average Bonchev–Trinajstić information content (AvgIpc) is 3.22. The van der Waals surface area contributed by atoms with E-state index in [4.69, 9.17) is 14.4 Å². The van der Waals surface area contributed by atoms with E-state index in [2.05, 4.69) is 16.7 Å². The first kappa shape index (κ1) is 24.1. The van der Waals surface area contributed by atoms with Gasteiger partial charge in [-0.15, -0.1) is 0 Å². The van der Waals surface area contributed by atoms with Crippen molar-refractivity contribution in [2.45, 2.75) is 58.1 Å². The normalized spacial score (nSPS) is 15.5. The third kappa shape index (κ3) is 7.53. The number of hydrogen-bond acceptors (Lipinski definition) is 5. The van der Waals surface area contributed by atoms with Gasteiger partial charge in [0.05, 0.1) is 18.5 Å². The minimum absolute atomic E-state index is 0.0445. The molecule has 0 saturated heterocycles. The summed E-state index contributed by atoms with van der Waals surface area (Å²) in [5.74, 6) is 0.364. The first-order valence-corrected chi connectivity index (χ1v) is 11.4. The topological polar surface area (TPSA) is 104 Å². The van der Waals surface area contributed by atoms with Crippen LogP contribution in [0, 0.1) is 17.2 Å². The highest BCUT2D eigenvalue weighted by molar-refractivity contribution is 5.81. The Bertz CT molecular complexity index is 1040. The van der Waals surface area contributed by atoms with Gasteiger partial charge in [-0.2, -0.15) is 5.26 Å². The number of allylic oxidation sites excluding steroid dienone is 3. The van der Waals surface area contributed by atoms with Crippen LogP contribution in [0.5, 0.6) is 0 Å². The number of benzene rings is 1. The molecule has 0 saturated carbocycles. The molecule has 2 N–H and O–H groups in total. The number of ether oxygens (including phenoxy) is 1. The Morgan fingerprint density at radius 3 is 2.82 bits per heavy atom. The standard InChI is InChI=1S/C26H31N3O4/c1-26(2,33-25(31)29-18-22-16-20-10-4-5-12-23(20)32-22)13-6-3-7-14-28-24(30)21-11-8-9-19(15-21)17-27/h4-5,8-12,16,21H,3,6-7,13-15,18H2,1-2H3,(H,28,30)(H,29,31). The number of alkyl carbamates (subject to hydrolysis) is 1. The third-order valence-electron chi connectivity index (χ3n) is 5.57. The number of nitrogens with one attached hydrogen (secondary N) is 2. The van der Waals surface area contributed by atoms with Gasteiger partial charge in [-0.3, -0.25) is 4.79 Å². The molecule has 2 amide bonds. The number of nitrogens with zero attached hydrogens (tertiary/aromatic N) is 1. The maximum Gasteiger partial charge on any atom is 0.408 e. The van der Waals surface area contributed by atoms with Gasteiger partial charge in [-0.25, -0.2) is 4.79 Å². The number of rotatable bonds is 10. The molecule has 174 valence electrons.